The van der Waals surface area contributed by atoms with Crippen molar-refractivity contribution in [2.45, 2.75) is 43.7 Å². The Morgan fingerprint density at radius 1 is 1.32 bits per heavy atom. The molecule has 2 aromatic rings. The highest BCUT2D eigenvalue weighted by molar-refractivity contribution is 9.11. The summed E-state index contributed by atoms with van der Waals surface area (Å²) in [5.41, 5.74) is 1.73. The molecular weight excluding hydrogens is 514 g/mol. The van der Waals surface area contributed by atoms with E-state index in [1.807, 2.05) is 0 Å². The Labute approximate surface area is 181 Å². The quantitative estimate of drug-likeness (QED) is 0.528. The summed E-state index contributed by atoms with van der Waals surface area (Å²) in [5, 5.41) is 4.32. The predicted octanol–water partition coefficient (Wildman–Crippen LogP) is 3.67. The van der Waals surface area contributed by atoms with Crippen LogP contribution in [0, 0.1) is 0 Å². The number of nitrogens with zero attached hydrogens (tertiary/aromatic N) is 3. The number of halogens is 2. The van der Waals surface area contributed by atoms with E-state index in [2.05, 4.69) is 37.0 Å². The van der Waals surface area contributed by atoms with Gasteiger partial charge in [-0.3, -0.25) is 9.48 Å². The smallest absolute Gasteiger partial charge is 0.327 e. The molecule has 1 heterocycles. The molecule has 3 rings (SSSR count). The molecule has 0 bridgehead atoms. The van der Waals surface area contributed by atoms with Gasteiger partial charge < -0.3 is 4.74 Å². The van der Waals surface area contributed by atoms with E-state index >= 15 is 0 Å². The van der Waals surface area contributed by atoms with Gasteiger partial charge in [0.1, 0.15) is 6.54 Å². The van der Waals surface area contributed by atoms with E-state index in [9.17, 15) is 13.2 Å². The van der Waals surface area contributed by atoms with Gasteiger partial charge in [-0.05, 0) is 44.4 Å². The van der Waals surface area contributed by atoms with Crippen LogP contribution in [-0.4, -0.2) is 42.1 Å². The summed E-state index contributed by atoms with van der Waals surface area (Å²) in [5.74, 6) is -0.351. The van der Waals surface area contributed by atoms with Crippen molar-refractivity contribution in [2.75, 3.05) is 13.7 Å². The Hall–Kier alpha value is -1.23. The van der Waals surface area contributed by atoms with E-state index in [1.165, 1.54) is 4.31 Å². The third kappa shape index (κ3) is 4.34. The number of carbonyl (C=O) groups is 1. The summed E-state index contributed by atoms with van der Waals surface area (Å²) in [7, 11) is -2.11. The summed E-state index contributed by atoms with van der Waals surface area (Å²) >= 11 is 6.69. The van der Waals surface area contributed by atoms with E-state index < -0.39 is 10.0 Å². The summed E-state index contributed by atoms with van der Waals surface area (Å²) < 4.78 is 35.8. The molecule has 0 spiro atoms. The molecule has 0 unspecified atom stereocenters. The number of rotatable bonds is 6. The molecule has 0 saturated heterocycles. The summed E-state index contributed by atoms with van der Waals surface area (Å²) in [6.45, 7) is 2.10. The lowest BCUT2D eigenvalue weighted by Gasteiger charge is -2.31. The van der Waals surface area contributed by atoms with Gasteiger partial charge in [0, 0.05) is 27.3 Å². The Balaban J connectivity index is 1.91. The van der Waals surface area contributed by atoms with Crippen LogP contribution in [-0.2, 0) is 32.5 Å². The lowest BCUT2D eigenvalue weighted by atomic mass is 9.93. The van der Waals surface area contributed by atoms with Crippen LogP contribution in [0.1, 0.15) is 37.1 Å². The van der Waals surface area contributed by atoms with Crippen LogP contribution in [0.4, 0.5) is 0 Å². The van der Waals surface area contributed by atoms with Crippen molar-refractivity contribution in [3.05, 3.63) is 44.6 Å². The molecule has 1 aliphatic rings. The number of hydrogen-bond acceptors (Lipinski definition) is 5. The highest BCUT2D eigenvalue weighted by atomic mass is 79.9. The zero-order chi connectivity index (χ0) is 20.5. The zero-order valence-corrected chi connectivity index (χ0v) is 19.5. The van der Waals surface area contributed by atoms with Crippen molar-refractivity contribution >= 4 is 47.9 Å². The average molecular weight is 535 g/mol. The fourth-order valence-corrected chi connectivity index (χ4v) is 6.48. The SMILES string of the molecule is CCOC(=O)Cn1ncc2c1CCC[C@H]2N(C)S(=O)(=O)c1cc(Br)cc(Br)c1. The Kier molecular flexibility index (Phi) is 6.63. The molecule has 152 valence electrons. The van der Waals surface area contributed by atoms with E-state index in [1.54, 1.807) is 43.0 Å². The second-order valence-electron chi connectivity index (χ2n) is 6.54. The Morgan fingerprint density at radius 3 is 2.64 bits per heavy atom. The number of hydrogen-bond donors (Lipinski definition) is 0. The first-order valence-electron chi connectivity index (χ1n) is 8.88. The van der Waals surface area contributed by atoms with Crippen molar-refractivity contribution in [3.8, 4) is 0 Å². The van der Waals surface area contributed by atoms with Gasteiger partial charge in [-0.1, -0.05) is 31.9 Å². The number of aromatic nitrogens is 2. The van der Waals surface area contributed by atoms with Crippen molar-refractivity contribution in [3.63, 3.8) is 0 Å². The lowest BCUT2D eigenvalue weighted by molar-refractivity contribution is -0.144. The molecule has 7 nitrogen and oxygen atoms in total. The molecule has 0 fully saturated rings. The molecule has 0 aliphatic heterocycles. The minimum Gasteiger partial charge on any atom is -0.465 e. The molecule has 0 saturated carbocycles. The van der Waals surface area contributed by atoms with E-state index in [0.29, 0.717) is 22.0 Å². The standard InChI is InChI=1S/C18H21Br2N3O4S/c1-3-27-18(24)11-23-17-6-4-5-16(15(17)10-21-23)22(2)28(25,26)14-8-12(19)7-13(20)9-14/h7-10,16H,3-6,11H2,1-2H3/t16-/m1/s1. The largest absolute Gasteiger partial charge is 0.465 e. The lowest BCUT2D eigenvalue weighted by Crippen LogP contribution is -2.33. The molecule has 1 aliphatic carbocycles. The molecule has 0 amide bonds. The third-order valence-corrected chi connectivity index (χ3v) is 7.53. The molecule has 1 aromatic heterocycles. The molecule has 1 atom stereocenters. The van der Waals surface area contributed by atoms with Gasteiger partial charge in [0.15, 0.2) is 0 Å². The average Bonchev–Trinajstić information content (AvgIpc) is 3.03. The topological polar surface area (TPSA) is 81.5 Å². The fourth-order valence-electron chi connectivity index (χ4n) is 3.45. The molecule has 1 aromatic carbocycles. The minimum absolute atomic E-state index is 0.0327. The maximum atomic E-state index is 13.2. The second-order valence-corrected chi connectivity index (χ2v) is 10.4. The van der Waals surface area contributed by atoms with Crippen molar-refractivity contribution in [1.29, 1.82) is 0 Å². The van der Waals surface area contributed by atoms with Crippen LogP contribution < -0.4 is 0 Å². The van der Waals surface area contributed by atoms with E-state index in [-0.39, 0.29) is 23.5 Å². The van der Waals surface area contributed by atoms with Gasteiger partial charge in [-0.25, -0.2) is 8.42 Å². The first kappa shape index (κ1) is 21.5. The highest BCUT2D eigenvalue weighted by Crippen LogP contribution is 2.37. The minimum atomic E-state index is -3.70. The Morgan fingerprint density at radius 2 is 2.00 bits per heavy atom. The van der Waals surface area contributed by atoms with Crippen molar-refractivity contribution in [1.82, 2.24) is 14.1 Å². The van der Waals surface area contributed by atoms with Gasteiger partial charge in [0.05, 0.1) is 23.7 Å². The van der Waals surface area contributed by atoms with Crippen LogP contribution in [0.15, 0.2) is 38.2 Å². The van der Waals surface area contributed by atoms with Crippen LogP contribution in [0.2, 0.25) is 0 Å². The van der Waals surface area contributed by atoms with Gasteiger partial charge in [0.2, 0.25) is 10.0 Å². The highest BCUT2D eigenvalue weighted by Gasteiger charge is 2.34. The first-order chi connectivity index (χ1) is 13.2. The number of esters is 1. The number of sulfonamides is 1. The maximum Gasteiger partial charge on any atom is 0.327 e. The number of fused-ring (bicyclic) bond motifs is 1. The van der Waals surface area contributed by atoms with Crippen LogP contribution >= 0.6 is 31.9 Å². The molecule has 10 heteroatoms. The third-order valence-electron chi connectivity index (χ3n) is 4.77. The van der Waals surface area contributed by atoms with Crippen LogP contribution in [0.25, 0.3) is 0 Å². The maximum absolute atomic E-state index is 13.2. The van der Waals surface area contributed by atoms with Gasteiger partial charge in [-0.2, -0.15) is 9.40 Å². The van der Waals surface area contributed by atoms with Crippen molar-refractivity contribution < 1.29 is 17.9 Å². The second kappa shape index (κ2) is 8.64. The van der Waals surface area contributed by atoms with Gasteiger partial charge in [0.25, 0.3) is 0 Å². The van der Waals surface area contributed by atoms with Gasteiger partial charge in [-0.15, -0.1) is 0 Å². The first-order valence-corrected chi connectivity index (χ1v) is 11.9. The number of ether oxygens (including phenoxy) is 1. The monoisotopic (exact) mass is 533 g/mol. The van der Waals surface area contributed by atoms with Crippen LogP contribution in [0.3, 0.4) is 0 Å². The predicted molar refractivity (Wildman–Crippen MR) is 111 cm³/mol. The summed E-state index contributed by atoms with van der Waals surface area (Å²) in [6, 6.07) is 4.63. The van der Waals surface area contributed by atoms with Crippen molar-refractivity contribution in [2.24, 2.45) is 0 Å². The zero-order valence-electron chi connectivity index (χ0n) is 15.6. The number of carbonyl (C=O) groups excluding carboxylic acids is 1. The summed E-state index contributed by atoms with van der Waals surface area (Å²) in [4.78, 5) is 12.0. The fraction of sp³-hybridized carbons (Fsp3) is 0.444. The Bertz CT molecular complexity index is 970. The summed E-state index contributed by atoms with van der Waals surface area (Å²) in [6.07, 6.45) is 3.93. The molecule has 0 N–H and O–H groups in total. The molecule has 28 heavy (non-hydrogen) atoms. The van der Waals surface area contributed by atoms with Crippen LogP contribution in [0.5, 0.6) is 0 Å². The number of benzene rings is 1. The van der Waals surface area contributed by atoms with Gasteiger partial charge >= 0.3 is 5.97 Å². The van der Waals surface area contributed by atoms with E-state index in [4.69, 9.17) is 4.74 Å². The normalized spacial score (nSPS) is 16.8. The molecular formula is C18H21Br2N3O4S. The molecule has 0 radical (unpaired) electrons. The van der Waals surface area contributed by atoms with E-state index in [0.717, 1.165) is 24.1 Å².